The number of halogens is 3. The fourth-order valence-corrected chi connectivity index (χ4v) is 2.33. The van der Waals surface area contributed by atoms with Gasteiger partial charge in [-0.2, -0.15) is 0 Å². The fraction of sp³-hybridized carbons (Fsp3) is 0.500. The summed E-state index contributed by atoms with van der Waals surface area (Å²) in [5, 5.41) is 0. The van der Waals surface area contributed by atoms with Gasteiger partial charge >= 0.3 is 0 Å². The van der Waals surface area contributed by atoms with Crippen LogP contribution in [0.4, 0.5) is 13.2 Å². The third-order valence-corrected chi connectivity index (χ3v) is 3.32. The Balaban J connectivity index is 2.14. The van der Waals surface area contributed by atoms with Crippen LogP contribution in [0.2, 0.25) is 0 Å². The number of nitrogens with two attached hydrogens (primary N) is 1. The third-order valence-electron chi connectivity index (χ3n) is 3.32. The van der Waals surface area contributed by atoms with Gasteiger partial charge in [0.15, 0.2) is 0 Å². The van der Waals surface area contributed by atoms with E-state index in [2.05, 4.69) is 0 Å². The van der Waals surface area contributed by atoms with Crippen molar-refractivity contribution < 1.29 is 13.2 Å². The predicted molar refractivity (Wildman–Crippen MR) is 55.7 cm³/mol. The monoisotopic (exact) mass is 229 g/mol. The molecule has 1 saturated carbocycles. The van der Waals surface area contributed by atoms with E-state index in [0.717, 1.165) is 6.07 Å². The average Bonchev–Trinajstić information content (AvgIpc) is 2.19. The smallest absolute Gasteiger partial charge is 0.129 e. The summed E-state index contributed by atoms with van der Waals surface area (Å²) in [4.78, 5) is 0. The second-order valence-corrected chi connectivity index (χ2v) is 4.62. The Kier molecular flexibility index (Phi) is 2.93. The summed E-state index contributed by atoms with van der Waals surface area (Å²) in [6, 6.07) is 3.48. The Hall–Kier alpha value is -1.03. The molecule has 0 bridgehead atoms. The van der Waals surface area contributed by atoms with Gasteiger partial charge in [0.25, 0.3) is 0 Å². The van der Waals surface area contributed by atoms with E-state index < -0.39 is 17.8 Å². The van der Waals surface area contributed by atoms with Crippen LogP contribution in [0.15, 0.2) is 18.2 Å². The zero-order valence-electron chi connectivity index (χ0n) is 8.85. The van der Waals surface area contributed by atoms with Crippen molar-refractivity contribution in [2.45, 2.75) is 25.4 Å². The second kappa shape index (κ2) is 4.09. The maximum atomic E-state index is 13.4. The van der Waals surface area contributed by atoms with Gasteiger partial charge in [0.1, 0.15) is 17.8 Å². The lowest BCUT2D eigenvalue weighted by molar-refractivity contribution is 0.0327. The molecular formula is C12H14F3N. The molecule has 2 N–H and O–H groups in total. The Labute approximate surface area is 92.5 Å². The maximum Gasteiger partial charge on any atom is 0.129 e. The molecule has 0 atom stereocenters. The molecule has 0 unspecified atom stereocenters. The van der Waals surface area contributed by atoms with Crippen molar-refractivity contribution in [1.29, 1.82) is 0 Å². The molecular weight excluding hydrogens is 215 g/mol. The van der Waals surface area contributed by atoms with Crippen LogP contribution in [0, 0.1) is 17.0 Å². The normalized spacial score (nSPS) is 28.9. The molecule has 0 heterocycles. The van der Waals surface area contributed by atoms with Gasteiger partial charge in [-0.1, -0.05) is 6.07 Å². The molecule has 1 aromatic carbocycles. The zero-order chi connectivity index (χ0) is 11.8. The highest BCUT2D eigenvalue weighted by molar-refractivity contribution is 5.21. The maximum absolute atomic E-state index is 13.4. The molecule has 0 spiro atoms. The number of hydrogen-bond acceptors (Lipinski definition) is 1. The first-order chi connectivity index (χ1) is 7.54. The summed E-state index contributed by atoms with van der Waals surface area (Å²) in [7, 11) is 0. The summed E-state index contributed by atoms with van der Waals surface area (Å²) >= 11 is 0. The van der Waals surface area contributed by atoms with E-state index >= 15 is 0 Å². The van der Waals surface area contributed by atoms with Gasteiger partial charge < -0.3 is 5.73 Å². The predicted octanol–water partition coefficient (Wildman–Crippen LogP) is 2.58. The summed E-state index contributed by atoms with van der Waals surface area (Å²) < 4.78 is 39.0. The molecule has 1 fully saturated rings. The minimum Gasteiger partial charge on any atom is -0.330 e. The first-order valence-electron chi connectivity index (χ1n) is 5.33. The molecule has 16 heavy (non-hydrogen) atoms. The lowest BCUT2D eigenvalue weighted by Gasteiger charge is -2.43. The quantitative estimate of drug-likeness (QED) is 0.847. The van der Waals surface area contributed by atoms with Crippen LogP contribution in [-0.2, 0) is 6.42 Å². The van der Waals surface area contributed by atoms with E-state index in [9.17, 15) is 13.2 Å². The molecule has 2 rings (SSSR count). The first-order valence-corrected chi connectivity index (χ1v) is 5.33. The summed E-state index contributed by atoms with van der Waals surface area (Å²) in [6.45, 7) is 0.338. The molecule has 1 nitrogen and oxygen atoms in total. The Morgan fingerprint density at radius 3 is 2.50 bits per heavy atom. The van der Waals surface area contributed by atoms with Gasteiger partial charge in [-0.25, -0.2) is 13.2 Å². The largest absolute Gasteiger partial charge is 0.330 e. The lowest BCUT2D eigenvalue weighted by atomic mass is 9.64. The standard InChI is InChI=1S/C12H14F3N/c13-9-2-1-8(11(15)3-9)4-12(7-16)5-10(14)6-12/h1-3,10H,4-7,16H2. The fourth-order valence-electron chi connectivity index (χ4n) is 2.33. The number of alkyl halides is 1. The number of benzene rings is 1. The van der Waals surface area contributed by atoms with E-state index in [0.29, 0.717) is 31.4 Å². The second-order valence-electron chi connectivity index (χ2n) is 4.62. The minimum atomic E-state index is -0.827. The van der Waals surface area contributed by atoms with Crippen LogP contribution in [0.25, 0.3) is 0 Å². The van der Waals surface area contributed by atoms with Gasteiger partial charge in [0, 0.05) is 6.07 Å². The molecule has 88 valence electrons. The topological polar surface area (TPSA) is 26.0 Å². The van der Waals surface area contributed by atoms with Gasteiger partial charge in [-0.15, -0.1) is 0 Å². The first kappa shape index (κ1) is 11.5. The third kappa shape index (κ3) is 2.07. The van der Waals surface area contributed by atoms with E-state index in [1.165, 1.54) is 12.1 Å². The summed E-state index contributed by atoms with van der Waals surface area (Å²) in [5.74, 6) is -1.17. The Morgan fingerprint density at radius 2 is 2.00 bits per heavy atom. The Bertz CT molecular complexity index is 386. The molecule has 0 aromatic heterocycles. The molecule has 0 aliphatic heterocycles. The number of rotatable bonds is 3. The highest BCUT2D eigenvalue weighted by Gasteiger charge is 2.43. The summed E-state index contributed by atoms with van der Waals surface area (Å²) in [5.41, 5.74) is 5.68. The lowest BCUT2D eigenvalue weighted by Crippen LogP contribution is -2.46. The van der Waals surface area contributed by atoms with E-state index in [1.54, 1.807) is 0 Å². The van der Waals surface area contributed by atoms with Crippen molar-refractivity contribution >= 4 is 0 Å². The van der Waals surface area contributed by atoms with Crippen LogP contribution >= 0.6 is 0 Å². The van der Waals surface area contributed by atoms with Gasteiger partial charge in [0.2, 0.25) is 0 Å². The molecule has 0 radical (unpaired) electrons. The van der Waals surface area contributed by atoms with Gasteiger partial charge in [0.05, 0.1) is 0 Å². The molecule has 0 saturated heterocycles. The van der Waals surface area contributed by atoms with Crippen molar-refractivity contribution in [2.24, 2.45) is 11.1 Å². The van der Waals surface area contributed by atoms with Crippen LogP contribution < -0.4 is 5.73 Å². The van der Waals surface area contributed by atoms with Crippen LogP contribution in [-0.4, -0.2) is 12.7 Å². The van der Waals surface area contributed by atoms with Crippen molar-refractivity contribution in [2.75, 3.05) is 6.54 Å². The molecule has 0 amide bonds. The highest BCUT2D eigenvalue weighted by atomic mass is 19.1. The zero-order valence-corrected chi connectivity index (χ0v) is 8.85. The van der Waals surface area contributed by atoms with E-state index in [4.69, 9.17) is 5.73 Å². The molecule has 4 heteroatoms. The van der Waals surface area contributed by atoms with Crippen molar-refractivity contribution in [3.05, 3.63) is 35.4 Å². The van der Waals surface area contributed by atoms with Crippen molar-refractivity contribution in [3.63, 3.8) is 0 Å². The molecule has 1 aromatic rings. The van der Waals surface area contributed by atoms with Crippen LogP contribution in [0.5, 0.6) is 0 Å². The summed E-state index contributed by atoms with van der Waals surface area (Å²) in [6.07, 6.45) is 0.309. The van der Waals surface area contributed by atoms with Crippen LogP contribution in [0.1, 0.15) is 18.4 Å². The van der Waals surface area contributed by atoms with Gasteiger partial charge in [-0.3, -0.25) is 0 Å². The van der Waals surface area contributed by atoms with Crippen molar-refractivity contribution in [1.82, 2.24) is 0 Å². The Morgan fingerprint density at radius 1 is 1.31 bits per heavy atom. The van der Waals surface area contributed by atoms with Crippen molar-refractivity contribution in [3.8, 4) is 0 Å². The van der Waals surface area contributed by atoms with E-state index in [1.807, 2.05) is 0 Å². The van der Waals surface area contributed by atoms with E-state index in [-0.39, 0.29) is 5.41 Å². The molecule has 1 aliphatic carbocycles. The average molecular weight is 229 g/mol. The molecule has 1 aliphatic rings. The minimum absolute atomic E-state index is 0.335. The number of hydrogen-bond donors (Lipinski definition) is 1. The van der Waals surface area contributed by atoms with Crippen LogP contribution in [0.3, 0.4) is 0 Å². The van der Waals surface area contributed by atoms with Gasteiger partial charge in [-0.05, 0) is 42.9 Å². The SMILES string of the molecule is NCC1(Cc2ccc(F)cc2F)CC(F)C1. The highest BCUT2D eigenvalue weighted by Crippen LogP contribution is 2.45.